The van der Waals surface area contributed by atoms with Gasteiger partial charge in [0.25, 0.3) is 5.91 Å². The Kier molecular flexibility index (Phi) is 3.43. The second kappa shape index (κ2) is 5.74. The Bertz CT molecular complexity index is 1040. The van der Waals surface area contributed by atoms with Gasteiger partial charge in [0, 0.05) is 18.3 Å². The molecule has 0 aliphatic carbocycles. The van der Waals surface area contributed by atoms with Crippen molar-refractivity contribution < 1.29 is 4.79 Å². The van der Waals surface area contributed by atoms with Gasteiger partial charge in [-0.2, -0.15) is 0 Å². The minimum Gasteiger partial charge on any atom is -0.311 e. The number of anilines is 1. The molecule has 0 unspecified atom stereocenters. The zero-order valence-electron chi connectivity index (χ0n) is 13.2. The zero-order valence-corrected chi connectivity index (χ0v) is 13.2. The highest BCUT2D eigenvalue weighted by Crippen LogP contribution is 2.20. The Balaban J connectivity index is 1.76. The average Bonchev–Trinajstić information content (AvgIpc) is 2.65. The Morgan fingerprint density at radius 1 is 0.750 bits per heavy atom. The van der Waals surface area contributed by atoms with Crippen molar-refractivity contribution in [3.63, 3.8) is 0 Å². The lowest BCUT2D eigenvalue weighted by atomic mass is 10.1. The first-order valence-electron chi connectivity index (χ1n) is 7.72. The summed E-state index contributed by atoms with van der Waals surface area (Å²) in [5.74, 6) is -0.0712. The van der Waals surface area contributed by atoms with Crippen LogP contribution in [0.1, 0.15) is 10.4 Å². The minimum atomic E-state index is -0.0712. The van der Waals surface area contributed by atoms with Gasteiger partial charge < -0.3 is 4.90 Å². The molecule has 0 atom stereocenters. The van der Waals surface area contributed by atoms with Gasteiger partial charge in [-0.05, 0) is 42.5 Å². The van der Waals surface area contributed by atoms with E-state index in [9.17, 15) is 4.79 Å². The van der Waals surface area contributed by atoms with Gasteiger partial charge in [-0.3, -0.25) is 4.79 Å². The van der Waals surface area contributed by atoms with Gasteiger partial charge in [-0.1, -0.05) is 30.3 Å². The molecule has 4 heteroatoms. The highest BCUT2D eigenvalue weighted by atomic mass is 16.2. The molecule has 4 rings (SSSR count). The van der Waals surface area contributed by atoms with Crippen LogP contribution in [0, 0.1) is 0 Å². The highest BCUT2D eigenvalue weighted by molar-refractivity contribution is 6.07. The van der Waals surface area contributed by atoms with Crippen molar-refractivity contribution >= 4 is 33.7 Å². The van der Waals surface area contributed by atoms with Crippen molar-refractivity contribution in [2.45, 2.75) is 0 Å². The lowest BCUT2D eigenvalue weighted by Gasteiger charge is -2.17. The predicted octanol–water partition coefficient (Wildman–Crippen LogP) is 4.06. The van der Waals surface area contributed by atoms with Crippen LogP contribution in [0.2, 0.25) is 0 Å². The van der Waals surface area contributed by atoms with Crippen LogP contribution in [0.15, 0.2) is 72.8 Å². The summed E-state index contributed by atoms with van der Waals surface area (Å²) in [5.41, 5.74) is 4.63. The lowest BCUT2D eigenvalue weighted by molar-refractivity contribution is 0.0993. The van der Waals surface area contributed by atoms with Crippen LogP contribution in [0.4, 0.5) is 5.69 Å². The summed E-state index contributed by atoms with van der Waals surface area (Å²) >= 11 is 0. The number of fused-ring (bicyclic) bond motifs is 2. The van der Waals surface area contributed by atoms with Gasteiger partial charge in [0.2, 0.25) is 0 Å². The Morgan fingerprint density at radius 3 is 2.04 bits per heavy atom. The summed E-state index contributed by atoms with van der Waals surface area (Å²) in [7, 11) is 1.77. The van der Waals surface area contributed by atoms with Crippen LogP contribution in [0.5, 0.6) is 0 Å². The van der Waals surface area contributed by atoms with Crippen LogP contribution in [-0.4, -0.2) is 22.9 Å². The molecule has 0 radical (unpaired) electrons. The van der Waals surface area contributed by atoms with Crippen molar-refractivity contribution in [1.29, 1.82) is 0 Å². The molecule has 0 N–H and O–H groups in total. The molecule has 24 heavy (non-hydrogen) atoms. The third-order valence-corrected chi connectivity index (χ3v) is 4.03. The van der Waals surface area contributed by atoms with Gasteiger partial charge in [-0.25, -0.2) is 9.97 Å². The molecule has 0 saturated heterocycles. The molecule has 0 fully saturated rings. The summed E-state index contributed by atoms with van der Waals surface area (Å²) in [6, 6.07) is 22.8. The van der Waals surface area contributed by atoms with E-state index >= 15 is 0 Å². The molecule has 0 aliphatic heterocycles. The van der Waals surface area contributed by atoms with E-state index < -0.39 is 0 Å². The minimum absolute atomic E-state index is 0.0712. The van der Waals surface area contributed by atoms with Gasteiger partial charge >= 0.3 is 0 Å². The fourth-order valence-corrected chi connectivity index (χ4v) is 2.72. The van der Waals surface area contributed by atoms with Gasteiger partial charge in [-0.15, -0.1) is 0 Å². The summed E-state index contributed by atoms with van der Waals surface area (Å²) in [6.07, 6.45) is 0. The number of para-hydroxylation sites is 3. The standard InChI is InChI=1S/C20H15N3O/c1-23(15-7-3-2-4-8-15)20(24)14-11-12-18-19(13-14)22-17-10-6-5-9-16(17)21-18/h2-13H,1H3. The first kappa shape index (κ1) is 14.3. The molecular weight excluding hydrogens is 298 g/mol. The molecule has 0 saturated carbocycles. The molecule has 0 aliphatic rings. The molecule has 4 nitrogen and oxygen atoms in total. The van der Waals surface area contributed by atoms with Crippen molar-refractivity contribution in [1.82, 2.24) is 9.97 Å². The van der Waals surface area contributed by atoms with Crippen molar-refractivity contribution in [2.24, 2.45) is 0 Å². The van der Waals surface area contributed by atoms with Crippen LogP contribution in [0.25, 0.3) is 22.1 Å². The number of amides is 1. The second-order valence-electron chi connectivity index (χ2n) is 5.62. The predicted molar refractivity (Wildman–Crippen MR) is 96.2 cm³/mol. The molecule has 116 valence electrons. The first-order valence-corrected chi connectivity index (χ1v) is 7.72. The third-order valence-electron chi connectivity index (χ3n) is 4.03. The van der Waals surface area contributed by atoms with E-state index in [-0.39, 0.29) is 5.91 Å². The normalized spacial score (nSPS) is 10.9. The first-order chi connectivity index (χ1) is 11.7. The van der Waals surface area contributed by atoms with E-state index in [4.69, 9.17) is 0 Å². The number of hydrogen-bond donors (Lipinski definition) is 0. The number of rotatable bonds is 2. The number of hydrogen-bond acceptors (Lipinski definition) is 3. The van der Waals surface area contributed by atoms with Crippen LogP contribution < -0.4 is 4.90 Å². The maximum atomic E-state index is 12.7. The van der Waals surface area contributed by atoms with E-state index in [0.29, 0.717) is 5.56 Å². The van der Waals surface area contributed by atoms with E-state index in [2.05, 4.69) is 9.97 Å². The number of nitrogens with zero attached hydrogens (tertiary/aromatic N) is 3. The molecule has 0 spiro atoms. The quantitative estimate of drug-likeness (QED) is 0.524. The second-order valence-corrected chi connectivity index (χ2v) is 5.62. The Hall–Kier alpha value is -3.27. The fourth-order valence-electron chi connectivity index (χ4n) is 2.72. The van der Waals surface area contributed by atoms with E-state index in [1.165, 1.54) is 0 Å². The average molecular weight is 313 g/mol. The zero-order chi connectivity index (χ0) is 16.5. The Labute approximate surface area is 139 Å². The topological polar surface area (TPSA) is 46.1 Å². The lowest BCUT2D eigenvalue weighted by Crippen LogP contribution is -2.26. The van der Waals surface area contributed by atoms with Gasteiger partial charge in [0.1, 0.15) is 0 Å². The van der Waals surface area contributed by atoms with Crippen LogP contribution in [-0.2, 0) is 0 Å². The number of carbonyl (C=O) groups is 1. The number of benzene rings is 3. The highest BCUT2D eigenvalue weighted by Gasteiger charge is 2.14. The van der Waals surface area contributed by atoms with E-state index in [1.54, 1.807) is 24.1 Å². The molecule has 0 bridgehead atoms. The summed E-state index contributed by atoms with van der Waals surface area (Å²) in [4.78, 5) is 23.6. The van der Waals surface area contributed by atoms with E-state index in [1.807, 2.05) is 60.7 Å². The maximum Gasteiger partial charge on any atom is 0.258 e. The molecule has 1 amide bonds. The molecular formula is C20H15N3O. The SMILES string of the molecule is CN(C(=O)c1ccc2nc3ccccc3nc2c1)c1ccccc1. The van der Waals surface area contributed by atoms with Crippen LogP contribution in [0.3, 0.4) is 0 Å². The molecule has 1 aromatic heterocycles. The third kappa shape index (κ3) is 2.48. The molecule has 4 aromatic rings. The van der Waals surface area contributed by atoms with Crippen LogP contribution >= 0.6 is 0 Å². The molecule has 1 heterocycles. The van der Waals surface area contributed by atoms with Gasteiger partial charge in [0.15, 0.2) is 0 Å². The Morgan fingerprint density at radius 2 is 1.33 bits per heavy atom. The molecule has 3 aromatic carbocycles. The smallest absolute Gasteiger partial charge is 0.258 e. The largest absolute Gasteiger partial charge is 0.311 e. The maximum absolute atomic E-state index is 12.7. The summed E-state index contributed by atoms with van der Waals surface area (Å²) in [6.45, 7) is 0. The summed E-state index contributed by atoms with van der Waals surface area (Å²) < 4.78 is 0. The van der Waals surface area contributed by atoms with Gasteiger partial charge in [0.05, 0.1) is 22.1 Å². The monoisotopic (exact) mass is 313 g/mol. The summed E-state index contributed by atoms with van der Waals surface area (Å²) in [5, 5.41) is 0. The number of aromatic nitrogens is 2. The number of carbonyl (C=O) groups excluding carboxylic acids is 1. The van der Waals surface area contributed by atoms with Crippen molar-refractivity contribution in [3.05, 3.63) is 78.4 Å². The van der Waals surface area contributed by atoms with E-state index in [0.717, 1.165) is 27.8 Å². The fraction of sp³-hybridized carbons (Fsp3) is 0.0500. The van der Waals surface area contributed by atoms with Crippen molar-refractivity contribution in [3.8, 4) is 0 Å². The van der Waals surface area contributed by atoms with Crippen molar-refractivity contribution in [2.75, 3.05) is 11.9 Å².